The van der Waals surface area contributed by atoms with E-state index in [2.05, 4.69) is 13.8 Å². The van der Waals surface area contributed by atoms with Gasteiger partial charge in [0.15, 0.2) is 0 Å². The number of carbonyl (C=O) groups is 1. The third-order valence-electron chi connectivity index (χ3n) is 5.80. The van der Waals surface area contributed by atoms with E-state index in [0.717, 1.165) is 25.7 Å². The second kappa shape index (κ2) is 21.9. The van der Waals surface area contributed by atoms with Crippen molar-refractivity contribution in [3.05, 3.63) is 30.3 Å². The number of hydrogen-bond donors (Lipinski definition) is 0. The molecule has 0 N–H and O–H groups in total. The fourth-order valence-electron chi connectivity index (χ4n) is 3.92. The molecule has 0 aliphatic heterocycles. The molecule has 1 atom stereocenters. The van der Waals surface area contributed by atoms with E-state index in [1.54, 1.807) is 0 Å². The molecule has 186 valence electrons. The van der Waals surface area contributed by atoms with Gasteiger partial charge in [0.05, 0.1) is 6.61 Å². The molecule has 4 nitrogen and oxygen atoms in total. The van der Waals surface area contributed by atoms with Crippen LogP contribution in [0.15, 0.2) is 30.3 Å². The van der Waals surface area contributed by atoms with Gasteiger partial charge in [-0.25, -0.2) is 4.79 Å². The summed E-state index contributed by atoms with van der Waals surface area (Å²) in [7, 11) is 0. The van der Waals surface area contributed by atoms with Gasteiger partial charge >= 0.3 is 41.3 Å². The number of unbranched alkanes of at least 4 members (excludes halogenated alkanes) is 12. The summed E-state index contributed by atoms with van der Waals surface area (Å²) in [4.78, 5) is 13.2. The average Bonchev–Trinajstić information content (AvgIpc) is 2.80. The number of carbonyl (C=O) groups excluding carboxylic acids is 1. The van der Waals surface area contributed by atoms with E-state index in [9.17, 15) is 4.79 Å². The Balaban J connectivity index is 0. The Hall–Kier alpha value is -0.550. The van der Waals surface area contributed by atoms with Crippen LogP contribution in [-0.2, 0) is 14.3 Å². The first-order valence-electron chi connectivity index (χ1n) is 13.2. The minimum atomic E-state index is -1.36. The van der Waals surface area contributed by atoms with E-state index in [1.165, 1.54) is 64.2 Å². The van der Waals surface area contributed by atoms with Crippen LogP contribution in [0.1, 0.15) is 119 Å². The van der Waals surface area contributed by atoms with Crippen molar-refractivity contribution >= 4 is 5.97 Å². The van der Waals surface area contributed by atoms with Crippen molar-refractivity contribution in [2.45, 2.75) is 123 Å². The number of para-hydroxylation sites is 1. The summed E-state index contributed by atoms with van der Waals surface area (Å²) >= 11 is 0. The van der Waals surface area contributed by atoms with Gasteiger partial charge in [-0.05, 0) is 31.9 Å². The topological polar surface area (TPSA) is 44.8 Å². The van der Waals surface area contributed by atoms with E-state index in [1.807, 2.05) is 37.3 Å². The van der Waals surface area contributed by atoms with Crippen molar-refractivity contribution in [1.82, 2.24) is 0 Å². The molecule has 0 aromatic heterocycles. The van der Waals surface area contributed by atoms with Gasteiger partial charge in [0.2, 0.25) is 0 Å². The molecule has 0 spiro atoms. The smallest absolute Gasteiger partial charge is 1.00 e. The number of rotatable bonds is 21. The van der Waals surface area contributed by atoms with Crippen LogP contribution in [0, 0.1) is 0 Å². The number of hydrogen-bond acceptors (Lipinski definition) is 4. The summed E-state index contributed by atoms with van der Waals surface area (Å²) in [6.07, 6.45) is 17.0. The SMILES string of the molecule is CCCCCCCCCOC(=O)C(CCCCCCCCC)(OCC)Oc1ccccc1.[H-].[Na+]. The molecule has 0 radical (unpaired) electrons. The van der Waals surface area contributed by atoms with Gasteiger partial charge in [-0.1, -0.05) is 109 Å². The average molecular weight is 473 g/mol. The Morgan fingerprint density at radius 1 is 0.758 bits per heavy atom. The van der Waals surface area contributed by atoms with Crippen molar-refractivity contribution in [3.63, 3.8) is 0 Å². The number of ether oxygens (including phenoxy) is 3. The van der Waals surface area contributed by atoms with Gasteiger partial charge in [0.1, 0.15) is 5.75 Å². The van der Waals surface area contributed by atoms with Crippen LogP contribution < -0.4 is 34.3 Å². The molecule has 0 saturated carbocycles. The minimum Gasteiger partial charge on any atom is -1.00 e. The van der Waals surface area contributed by atoms with Crippen molar-refractivity contribution in [2.75, 3.05) is 13.2 Å². The van der Waals surface area contributed by atoms with E-state index in [-0.39, 0.29) is 37.0 Å². The van der Waals surface area contributed by atoms with Gasteiger partial charge in [0, 0.05) is 13.0 Å². The van der Waals surface area contributed by atoms with Gasteiger partial charge in [-0.2, -0.15) is 0 Å². The summed E-state index contributed by atoms with van der Waals surface area (Å²) < 4.78 is 17.8. The maximum absolute atomic E-state index is 13.2. The van der Waals surface area contributed by atoms with E-state index >= 15 is 0 Å². The zero-order valence-electron chi connectivity index (χ0n) is 23.0. The first-order valence-corrected chi connectivity index (χ1v) is 13.2. The molecule has 1 aromatic carbocycles. The zero-order chi connectivity index (χ0) is 23.3. The maximum Gasteiger partial charge on any atom is 1.00 e. The molecule has 1 rings (SSSR count). The second-order valence-corrected chi connectivity index (χ2v) is 8.73. The molecule has 33 heavy (non-hydrogen) atoms. The molecule has 5 heteroatoms. The van der Waals surface area contributed by atoms with Crippen molar-refractivity contribution in [1.29, 1.82) is 0 Å². The van der Waals surface area contributed by atoms with E-state index < -0.39 is 5.79 Å². The fraction of sp³-hybridized carbons (Fsp3) is 0.750. The predicted molar refractivity (Wildman–Crippen MR) is 134 cm³/mol. The van der Waals surface area contributed by atoms with Crippen molar-refractivity contribution in [3.8, 4) is 5.75 Å². The predicted octanol–water partition coefficient (Wildman–Crippen LogP) is 5.35. The minimum absolute atomic E-state index is 0. The third kappa shape index (κ3) is 15.1. The third-order valence-corrected chi connectivity index (χ3v) is 5.80. The summed E-state index contributed by atoms with van der Waals surface area (Å²) in [5.74, 6) is -1.11. The van der Waals surface area contributed by atoms with Gasteiger partial charge in [-0.3, -0.25) is 0 Å². The molecule has 0 saturated heterocycles. The second-order valence-electron chi connectivity index (χ2n) is 8.73. The largest absolute Gasteiger partial charge is 1.00 e. The number of esters is 1. The van der Waals surface area contributed by atoms with Crippen molar-refractivity contribution in [2.24, 2.45) is 0 Å². The molecular weight excluding hydrogens is 423 g/mol. The molecule has 0 amide bonds. The van der Waals surface area contributed by atoms with Gasteiger partial charge in [-0.15, -0.1) is 0 Å². The van der Waals surface area contributed by atoms with Crippen LogP contribution in [0.4, 0.5) is 0 Å². The van der Waals surface area contributed by atoms with Crippen LogP contribution in [0.2, 0.25) is 0 Å². The first kappa shape index (κ1) is 32.5. The summed E-state index contributed by atoms with van der Waals surface area (Å²) in [6, 6.07) is 9.47. The van der Waals surface area contributed by atoms with Crippen LogP contribution in [-0.4, -0.2) is 25.0 Å². The molecule has 0 fully saturated rings. The summed E-state index contributed by atoms with van der Waals surface area (Å²) in [5.41, 5.74) is 0. The number of benzene rings is 1. The molecular formula is C28H49NaO4. The Morgan fingerprint density at radius 3 is 1.82 bits per heavy atom. The van der Waals surface area contributed by atoms with E-state index in [0.29, 0.717) is 25.4 Å². The summed E-state index contributed by atoms with van der Waals surface area (Å²) in [5, 5.41) is 0. The normalized spacial score (nSPS) is 12.6. The van der Waals surface area contributed by atoms with Crippen molar-refractivity contribution < 1.29 is 50.0 Å². The molecule has 1 aromatic rings. The van der Waals surface area contributed by atoms with E-state index in [4.69, 9.17) is 14.2 Å². The molecule has 0 aliphatic rings. The summed E-state index contributed by atoms with van der Waals surface area (Å²) in [6.45, 7) is 7.19. The molecule has 0 heterocycles. The Kier molecular flexibility index (Phi) is 21.6. The molecule has 0 aliphatic carbocycles. The Morgan fingerprint density at radius 2 is 1.27 bits per heavy atom. The fourth-order valence-corrected chi connectivity index (χ4v) is 3.92. The Bertz CT molecular complexity index is 573. The monoisotopic (exact) mass is 472 g/mol. The quantitative estimate of drug-likeness (QED) is 0.105. The van der Waals surface area contributed by atoms with Gasteiger partial charge < -0.3 is 15.6 Å². The van der Waals surface area contributed by atoms with Crippen LogP contribution in [0.5, 0.6) is 5.75 Å². The zero-order valence-corrected chi connectivity index (χ0v) is 24.0. The van der Waals surface area contributed by atoms with Crippen LogP contribution >= 0.6 is 0 Å². The molecule has 1 unspecified atom stereocenters. The van der Waals surface area contributed by atoms with Gasteiger partial charge in [0.25, 0.3) is 0 Å². The van der Waals surface area contributed by atoms with Crippen LogP contribution in [0.3, 0.4) is 0 Å². The van der Waals surface area contributed by atoms with Crippen LogP contribution in [0.25, 0.3) is 0 Å². The Labute approximate surface area is 227 Å². The maximum atomic E-state index is 13.2. The molecule has 0 bridgehead atoms. The standard InChI is InChI=1S/C28H48O4.Na.H/c1-4-7-9-11-13-15-20-24-28(31-6-3,32-26-22-18-17-19-23-26)27(29)30-25-21-16-14-12-10-8-5-2;;/h17-19,22-23H,4-16,20-21,24-25H2,1-3H3;;/q;+1;-1. The first-order chi connectivity index (χ1) is 15.7.